The van der Waals surface area contributed by atoms with Crippen LogP contribution in [0, 0.1) is 11.8 Å². The Bertz CT molecular complexity index is 1130. The monoisotopic (exact) mass is 663 g/mol. The Morgan fingerprint density at radius 1 is 1.04 bits per heavy atom. The molecule has 0 aromatic heterocycles. The summed E-state index contributed by atoms with van der Waals surface area (Å²) in [5.41, 5.74) is 21.3. The third-order valence-electron chi connectivity index (χ3n) is 8.64. The predicted octanol–water partition coefficient (Wildman–Crippen LogP) is 1.15. The minimum Gasteiger partial charge on any atom is -0.388 e. The third-order valence-corrected chi connectivity index (χ3v) is 8.64. The van der Waals surface area contributed by atoms with Gasteiger partial charge in [-0.25, -0.2) is 0 Å². The Labute approximate surface area is 281 Å². The summed E-state index contributed by atoms with van der Waals surface area (Å²) in [6.45, 7) is 10.3. The van der Waals surface area contributed by atoms with Crippen LogP contribution in [0.25, 0.3) is 0 Å². The molecule has 0 bridgehead atoms. The van der Waals surface area contributed by atoms with E-state index in [2.05, 4.69) is 62.0 Å². The highest BCUT2D eigenvalue weighted by molar-refractivity contribution is 5.72. The Morgan fingerprint density at radius 3 is 2.38 bits per heavy atom. The van der Waals surface area contributed by atoms with Crippen molar-refractivity contribution in [2.75, 3.05) is 20.2 Å². The smallest absolute Gasteiger partial charge is 0.185 e. The molecule has 12 heteroatoms. The number of nitrogens with two attached hydrogens (primary N) is 3. The summed E-state index contributed by atoms with van der Waals surface area (Å²) < 4.78 is 17.2. The van der Waals surface area contributed by atoms with Crippen LogP contribution >= 0.6 is 0 Å². The molecule has 0 aromatic carbocycles. The van der Waals surface area contributed by atoms with E-state index in [1.54, 1.807) is 13.3 Å². The number of aliphatic hydroxyl groups excluding tert-OH is 3. The van der Waals surface area contributed by atoms with Crippen LogP contribution in [0.5, 0.6) is 0 Å². The summed E-state index contributed by atoms with van der Waals surface area (Å²) in [7, 11) is 1.61. The van der Waals surface area contributed by atoms with Crippen LogP contribution in [0.3, 0.4) is 0 Å². The predicted molar refractivity (Wildman–Crippen MR) is 185 cm³/mol. The maximum absolute atomic E-state index is 11.1. The number of hydrogen-bond donors (Lipinski definition) is 8. The number of aliphatic imine (C=N–C) groups is 1. The molecule has 2 aliphatic rings. The first-order chi connectivity index (χ1) is 22.2. The van der Waals surface area contributed by atoms with Crippen LogP contribution in [0.15, 0.2) is 39.9 Å². The molecule has 11 N–H and O–H groups in total. The summed E-state index contributed by atoms with van der Waals surface area (Å²) in [4.78, 5) is 4.33. The van der Waals surface area contributed by atoms with Crippen molar-refractivity contribution in [3.8, 4) is 11.8 Å². The topological polar surface area (TPSA) is 211 Å². The van der Waals surface area contributed by atoms with E-state index in [0.717, 1.165) is 25.7 Å². The normalized spacial score (nSPS) is 33.3. The summed E-state index contributed by atoms with van der Waals surface area (Å²) in [5, 5.41) is 45.8. The zero-order valence-corrected chi connectivity index (χ0v) is 29.1. The van der Waals surface area contributed by atoms with Gasteiger partial charge in [0.2, 0.25) is 0 Å². The molecule has 12 nitrogen and oxygen atoms in total. The second kappa shape index (κ2) is 20.5. The van der Waals surface area contributed by atoms with E-state index in [1.807, 2.05) is 6.08 Å². The zero-order chi connectivity index (χ0) is 35.1. The molecule has 1 aliphatic carbocycles. The number of nitrogens with one attached hydrogen (secondary N) is 1. The lowest BCUT2D eigenvalue weighted by molar-refractivity contribution is -0.302. The first-order valence-corrected chi connectivity index (χ1v) is 16.7. The van der Waals surface area contributed by atoms with E-state index in [-0.39, 0.29) is 13.0 Å². The van der Waals surface area contributed by atoms with Crippen LogP contribution in [0.4, 0.5) is 0 Å². The molecule has 1 saturated heterocycles. The number of rotatable bonds is 16. The molecule has 1 saturated carbocycles. The Hall–Kier alpha value is -1.99. The molecular formula is C35H61N5O7. The SMILES string of the molecule is CNC1C(O)C(OC2C(N)CC(N)C(OC(O)C(N)CCC#CC/N=C/C=C(\C)CC/C=C(\C)CCC=C(C)C)C2O)OCC1(C)O. The first kappa shape index (κ1) is 41.2. The molecule has 47 heavy (non-hydrogen) atoms. The van der Waals surface area contributed by atoms with Gasteiger partial charge in [-0.3, -0.25) is 4.99 Å². The van der Waals surface area contributed by atoms with Crippen LogP contribution in [0.2, 0.25) is 0 Å². The third kappa shape index (κ3) is 13.8. The highest BCUT2D eigenvalue weighted by Crippen LogP contribution is 2.30. The number of likely N-dealkylation sites (N-methyl/N-ethyl adjacent to an activating group) is 1. The van der Waals surface area contributed by atoms with Crippen molar-refractivity contribution in [1.82, 2.24) is 5.32 Å². The average Bonchev–Trinajstić information content (AvgIpc) is 2.99. The highest BCUT2D eigenvalue weighted by atomic mass is 16.7. The zero-order valence-electron chi connectivity index (χ0n) is 29.1. The molecule has 0 amide bonds. The van der Waals surface area contributed by atoms with Gasteiger partial charge in [0.05, 0.1) is 25.2 Å². The summed E-state index contributed by atoms with van der Waals surface area (Å²) in [5.74, 6) is 6.00. The molecule has 268 valence electrons. The molecule has 1 aliphatic heterocycles. The van der Waals surface area contributed by atoms with E-state index in [4.69, 9.17) is 31.4 Å². The number of allylic oxidation sites excluding steroid dienone is 6. The quantitative estimate of drug-likeness (QED) is 0.0508. The fourth-order valence-electron chi connectivity index (χ4n) is 5.75. The van der Waals surface area contributed by atoms with Crippen LogP contribution < -0.4 is 22.5 Å². The highest BCUT2D eigenvalue weighted by Gasteiger charge is 2.50. The minimum absolute atomic E-state index is 0.104. The number of aliphatic hydroxyl groups is 4. The lowest BCUT2D eigenvalue weighted by atomic mass is 9.84. The second-order valence-electron chi connectivity index (χ2n) is 13.4. The summed E-state index contributed by atoms with van der Waals surface area (Å²) >= 11 is 0. The van der Waals surface area contributed by atoms with Gasteiger partial charge in [-0.2, -0.15) is 0 Å². The fraction of sp³-hybridized carbons (Fsp3) is 0.743. The maximum Gasteiger partial charge on any atom is 0.185 e. The van der Waals surface area contributed by atoms with Gasteiger partial charge in [-0.15, -0.1) is 5.92 Å². The number of hydrogen-bond acceptors (Lipinski definition) is 12. The number of nitrogens with zero attached hydrogens (tertiary/aromatic N) is 1. The Balaban J connectivity index is 1.77. The molecule has 2 fully saturated rings. The van der Waals surface area contributed by atoms with Crippen molar-refractivity contribution in [3.05, 3.63) is 34.9 Å². The molecular weight excluding hydrogens is 602 g/mol. The van der Waals surface area contributed by atoms with E-state index in [9.17, 15) is 20.4 Å². The molecule has 11 unspecified atom stereocenters. The molecule has 2 rings (SSSR count). The molecule has 0 spiro atoms. The maximum atomic E-state index is 11.1. The standard InChI is InChI=1S/C35H61N5O7/c1-22(2)12-10-13-23(3)14-11-15-24(4)17-19-40-18-9-7-8-16-25(36)33(43)46-30-26(37)20-27(38)31(28(30)41)47-34-29(42)32(39-6)35(5,44)21-45-34/h12,14,17,19,25-34,39,41-44H,8,10-11,13,15-16,18,20-21,36-38H2,1-6H3/b23-14+,24-17+,40-19+. The van der Waals surface area contributed by atoms with Crippen LogP contribution in [0.1, 0.15) is 79.6 Å². The number of ether oxygens (including phenoxy) is 3. The Kier molecular flexibility index (Phi) is 18.0. The lowest BCUT2D eigenvalue weighted by Gasteiger charge is -2.47. The van der Waals surface area contributed by atoms with E-state index in [1.165, 1.54) is 23.6 Å². The Morgan fingerprint density at radius 2 is 1.70 bits per heavy atom. The van der Waals surface area contributed by atoms with Crippen LogP contribution in [-0.4, -0.2) is 114 Å². The van der Waals surface area contributed by atoms with Crippen molar-refractivity contribution in [1.29, 1.82) is 0 Å². The van der Waals surface area contributed by atoms with Gasteiger partial charge in [-0.05, 0) is 86.3 Å². The van der Waals surface area contributed by atoms with Crippen molar-refractivity contribution in [2.24, 2.45) is 22.2 Å². The van der Waals surface area contributed by atoms with Crippen molar-refractivity contribution in [3.63, 3.8) is 0 Å². The first-order valence-electron chi connectivity index (χ1n) is 16.7. The summed E-state index contributed by atoms with van der Waals surface area (Å²) in [6.07, 6.45) is 6.36. The van der Waals surface area contributed by atoms with Gasteiger partial charge >= 0.3 is 0 Å². The molecule has 0 aromatic rings. The largest absolute Gasteiger partial charge is 0.388 e. The van der Waals surface area contributed by atoms with Crippen molar-refractivity contribution < 1.29 is 34.6 Å². The van der Waals surface area contributed by atoms with Gasteiger partial charge in [-0.1, -0.05) is 34.8 Å². The van der Waals surface area contributed by atoms with Crippen molar-refractivity contribution in [2.45, 2.75) is 146 Å². The van der Waals surface area contributed by atoms with Gasteiger partial charge in [0.1, 0.15) is 30.0 Å². The van der Waals surface area contributed by atoms with Gasteiger partial charge in [0.25, 0.3) is 0 Å². The lowest BCUT2D eigenvalue weighted by Crippen LogP contribution is -2.68. The molecule has 11 atom stereocenters. The summed E-state index contributed by atoms with van der Waals surface area (Å²) in [6, 6.07) is -2.90. The van der Waals surface area contributed by atoms with E-state index in [0.29, 0.717) is 19.4 Å². The molecule has 1 heterocycles. The van der Waals surface area contributed by atoms with E-state index < -0.39 is 66.8 Å². The molecule has 0 radical (unpaired) electrons. The average molecular weight is 664 g/mol. The fourth-order valence-corrected chi connectivity index (χ4v) is 5.75. The van der Waals surface area contributed by atoms with E-state index >= 15 is 0 Å². The van der Waals surface area contributed by atoms with Gasteiger partial charge in [0.15, 0.2) is 12.6 Å². The van der Waals surface area contributed by atoms with Gasteiger partial charge in [0, 0.05) is 24.7 Å². The second-order valence-corrected chi connectivity index (χ2v) is 13.4. The minimum atomic E-state index is -1.42. The van der Waals surface area contributed by atoms with Gasteiger partial charge < -0.3 is 57.2 Å². The van der Waals surface area contributed by atoms with Crippen LogP contribution in [-0.2, 0) is 14.2 Å². The van der Waals surface area contributed by atoms with Crippen molar-refractivity contribution >= 4 is 6.21 Å².